The summed E-state index contributed by atoms with van der Waals surface area (Å²) in [6, 6.07) is 4.71. The highest BCUT2D eigenvalue weighted by atomic mass is 32.2. The molecule has 1 aromatic carbocycles. The summed E-state index contributed by atoms with van der Waals surface area (Å²) in [5.74, 6) is -0.313. The number of amides is 1. The minimum Gasteiger partial charge on any atom is -0.497 e. The molecule has 10 heteroatoms. The maximum atomic E-state index is 13.0. The van der Waals surface area contributed by atoms with E-state index in [2.05, 4.69) is 9.97 Å². The smallest absolute Gasteiger partial charge is 0.262 e. The molecule has 1 atom stereocenters. The Hall–Kier alpha value is -2.56. The third-order valence-corrected chi connectivity index (χ3v) is 5.85. The number of hydroxylamine groups is 1. The number of rotatable bonds is 4. The van der Waals surface area contributed by atoms with Gasteiger partial charge in [0, 0.05) is 18.8 Å². The molecule has 1 aliphatic rings. The van der Waals surface area contributed by atoms with E-state index in [1.54, 1.807) is 0 Å². The molecular weight excluding hydrogens is 348 g/mol. The molecule has 9 nitrogen and oxygen atoms in total. The van der Waals surface area contributed by atoms with Gasteiger partial charge in [0.25, 0.3) is 5.91 Å². The number of nitrogens with zero attached hydrogens (tertiary/aromatic N) is 3. The lowest BCUT2D eigenvalue weighted by atomic mass is 10.0. The SMILES string of the molecule is COc1ccc(S(=O)(=O)N2Cc3nccnc3CC2C(=O)NO)cc1. The van der Waals surface area contributed by atoms with Crippen LogP contribution in [0.2, 0.25) is 0 Å². The lowest BCUT2D eigenvalue weighted by Crippen LogP contribution is -2.52. The van der Waals surface area contributed by atoms with Crippen molar-refractivity contribution in [3.63, 3.8) is 0 Å². The molecule has 1 amide bonds. The van der Waals surface area contributed by atoms with Gasteiger partial charge in [0.15, 0.2) is 0 Å². The van der Waals surface area contributed by atoms with Gasteiger partial charge in [-0.25, -0.2) is 13.9 Å². The zero-order valence-electron chi connectivity index (χ0n) is 13.3. The number of hydrogen-bond acceptors (Lipinski definition) is 7. The fraction of sp³-hybridized carbons (Fsp3) is 0.267. The van der Waals surface area contributed by atoms with Crippen molar-refractivity contribution in [3.8, 4) is 5.75 Å². The molecule has 1 aliphatic heterocycles. The minimum atomic E-state index is -4.00. The predicted octanol–water partition coefficient (Wildman–Crippen LogP) is 0.106. The second-order valence-corrected chi connectivity index (χ2v) is 7.26. The standard InChI is InChI=1S/C15H16N4O5S/c1-24-10-2-4-11(5-3-10)25(22,23)19-9-13-12(16-6-7-17-13)8-14(19)15(20)18-21/h2-7,14,21H,8-9H2,1H3,(H,18,20). The van der Waals surface area contributed by atoms with Gasteiger partial charge >= 0.3 is 0 Å². The van der Waals surface area contributed by atoms with Crippen molar-refractivity contribution in [1.29, 1.82) is 0 Å². The largest absolute Gasteiger partial charge is 0.497 e. The number of hydrogen-bond donors (Lipinski definition) is 2. The van der Waals surface area contributed by atoms with Gasteiger partial charge < -0.3 is 4.74 Å². The number of aromatic nitrogens is 2. The Labute approximate surface area is 144 Å². The van der Waals surface area contributed by atoms with Gasteiger partial charge in [0.2, 0.25) is 10.0 Å². The molecule has 0 spiro atoms. The van der Waals surface area contributed by atoms with Crippen molar-refractivity contribution in [2.75, 3.05) is 7.11 Å². The summed E-state index contributed by atoms with van der Waals surface area (Å²) in [5.41, 5.74) is 2.52. The van der Waals surface area contributed by atoms with Gasteiger partial charge in [0.1, 0.15) is 11.8 Å². The first kappa shape index (κ1) is 17.3. The first-order valence-corrected chi connectivity index (χ1v) is 8.80. The second kappa shape index (κ2) is 6.75. The highest BCUT2D eigenvalue weighted by Crippen LogP contribution is 2.28. The van der Waals surface area contributed by atoms with Gasteiger partial charge in [-0.1, -0.05) is 0 Å². The molecule has 0 fully saturated rings. The first-order valence-electron chi connectivity index (χ1n) is 7.36. The Balaban J connectivity index is 2.03. The average molecular weight is 364 g/mol. The fourth-order valence-electron chi connectivity index (χ4n) is 2.67. The summed E-state index contributed by atoms with van der Waals surface area (Å²) in [6.07, 6.45) is 2.95. The van der Waals surface area contributed by atoms with E-state index in [0.717, 1.165) is 4.31 Å². The number of methoxy groups -OCH3 is 1. The van der Waals surface area contributed by atoms with E-state index < -0.39 is 22.0 Å². The number of nitrogens with one attached hydrogen (secondary N) is 1. The second-order valence-electron chi connectivity index (χ2n) is 5.37. The monoisotopic (exact) mass is 364 g/mol. The number of fused-ring (bicyclic) bond motifs is 1. The van der Waals surface area contributed by atoms with Crippen LogP contribution in [0.25, 0.3) is 0 Å². The van der Waals surface area contributed by atoms with Crippen LogP contribution in [-0.4, -0.2) is 47.0 Å². The normalized spacial score (nSPS) is 17.6. The predicted molar refractivity (Wildman–Crippen MR) is 85.2 cm³/mol. The van der Waals surface area contributed by atoms with Crippen LogP contribution < -0.4 is 10.2 Å². The average Bonchev–Trinajstić information content (AvgIpc) is 2.66. The summed E-state index contributed by atoms with van der Waals surface area (Å²) in [7, 11) is -2.52. The molecule has 0 aliphatic carbocycles. The summed E-state index contributed by atoms with van der Waals surface area (Å²) in [4.78, 5) is 20.3. The summed E-state index contributed by atoms with van der Waals surface area (Å²) >= 11 is 0. The zero-order valence-corrected chi connectivity index (χ0v) is 14.1. The molecule has 1 aromatic heterocycles. The zero-order chi connectivity index (χ0) is 18.0. The van der Waals surface area contributed by atoms with Crippen LogP contribution in [0.4, 0.5) is 0 Å². The molecule has 3 rings (SSSR count). The molecule has 2 heterocycles. The lowest BCUT2D eigenvalue weighted by molar-refractivity contribution is -0.133. The highest BCUT2D eigenvalue weighted by Gasteiger charge is 2.40. The first-order chi connectivity index (χ1) is 12.0. The minimum absolute atomic E-state index is 0.0105. The topological polar surface area (TPSA) is 122 Å². The molecule has 0 saturated carbocycles. The van der Waals surface area contributed by atoms with Crippen LogP contribution in [0.1, 0.15) is 11.4 Å². The summed E-state index contributed by atoms with van der Waals surface area (Å²) in [5, 5.41) is 8.98. The Bertz CT molecular complexity index is 885. The van der Waals surface area contributed by atoms with Gasteiger partial charge in [-0.05, 0) is 24.3 Å². The highest BCUT2D eigenvalue weighted by molar-refractivity contribution is 7.89. The Kier molecular flexibility index (Phi) is 4.66. The van der Waals surface area contributed by atoms with E-state index >= 15 is 0 Å². The third kappa shape index (κ3) is 3.18. The van der Waals surface area contributed by atoms with Crippen molar-refractivity contribution in [3.05, 3.63) is 48.0 Å². The maximum absolute atomic E-state index is 13.0. The molecule has 2 N–H and O–H groups in total. The molecule has 1 unspecified atom stereocenters. The van der Waals surface area contributed by atoms with E-state index in [1.165, 1.54) is 49.2 Å². The fourth-order valence-corrected chi connectivity index (χ4v) is 4.22. The number of carbonyl (C=O) groups excluding carboxylic acids is 1. The molecule has 132 valence electrons. The molecular formula is C15H16N4O5S. The van der Waals surface area contributed by atoms with Gasteiger partial charge in [0.05, 0.1) is 29.9 Å². The van der Waals surface area contributed by atoms with Crippen LogP contribution in [-0.2, 0) is 27.8 Å². The quantitative estimate of drug-likeness (QED) is 0.583. The van der Waals surface area contributed by atoms with E-state index in [9.17, 15) is 13.2 Å². The van der Waals surface area contributed by atoms with Crippen molar-refractivity contribution in [1.82, 2.24) is 19.8 Å². The van der Waals surface area contributed by atoms with Crippen LogP contribution in [0, 0.1) is 0 Å². The van der Waals surface area contributed by atoms with E-state index in [-0.39, 0.29) is 17.9 Å². The van der Waals surface area contributed by atoms with E-state index in [0.29, 0.717) is 17.1 Å². The Morgan fingerprint density at radius 2 is 1.88 bits per heavy atom. The van der Waals surface area contributed by atoms with Crippen molar-refractivity contribution in [2.24, 2.45) is 0 Å². The van der Waals surface area contributed by atoms with Crippen LogP contribution in [0.5, 0.6) is 5.75 Å². The van der Waals surface area contributed by atoms with Crippen molar-refractivity contribution < 1.29 is 23.2 Å². The molecule has 25 heavy (non-hydrogen) atoms. The van der Waals surface area contributed by atoms with Crippen molar-refractivity contribution >= 4 is 15.9 Å². The van der Waals surface area contributed by atoms with Crippen LogP contribution in [0.15, 0.2) is 41.6 Å². The van der Waals surface area contributed by atoms with Crippen LogP contribution >= 0.6 is 0 Å². The van der Waals surface area contributed by atoms with Gasteiger partial charge in [-0.3, -0.25) is 20.0 Å². The van der Waals surface area contributed by atoms with E-state index in [1.807, 2.05) is 0 Å². The lowest BCUT2D eigenvalue weighted by Gasteiger charge is -2.33. The van der Waals surface area contributed by atoms with Gasteiger partial charge in [-0.2, -0.15) is 4.31 Å². The molecule has 2 aromatic rings. The molecule has 0 saturated heterocycles. The number of benzene rings is 1. The molecule has 0 bridgehead atoms. The van der Waals surface area contributed by atoms with Gasteiger partial charge in [-0.15, -0.1) is 0 Å². The molecule has 0 radical (unpaired) electrons. The maximum Gasteiger partial charge on any atom is 0.262 e. The third-order valence-electron chi connectivity index (χ3n) is 3.98. The number of carbonyl (C=O) groups is 1. The Morgan fingerprint density at radius 1 is 1.24 bits per heavy atom. The number of sulfonamides is 1. The summed E-state index contributed by atoms with van der Waals surface area (Å²) < 4.78 is 32.0. The van der Waals surface area contributed by atoms with Crippen molar-refractivity contribution in [2.45, 2.75) is 23.9 Å². The Morgan fingerprint density at radius 3 is 2.48 bits per heavy atom. The van der Waals surface area contributed by atoms with Crippen LogP contribution in [0.3, 0.4) is 0 Å². The summed E-state index contributed by atoms with van der Waals surface area (Å²) in [6.45, 7) is -0.115. The van der Waals surface area contributed by atoms with E-state index in [4.69, 9.17) is 9.94 Å². The number of ether oxygens (including phenoxy) is 1.